The van der Waals surface area contributed by atoms with E-state index in [2.05, 4.69) is 0 Å². The molecule has 2 aromatic rings. The number of rotatable bonds is 2. The number of alkyl halides is 9. The third-order valence-corrected chi connectivity index (χ3v) is 3.32. The van der Waals surface area contributed by atoms with Crippen molar-refractivity contribution in [1.82, 2.24) is 0 Å². The molecule has 0 aliphatic heterocycles. The SMILES string of the molecule is FC(F)(F)c1ccc(C=Cc2cc(C(F)(F)F)cc(C(F)(F)F)c2)cc1. The van der Waals surface area contributed by atoms with Crippen LogP contribution in [0.15, 0.2) is 42.5 Å². The second-order valence-electron chi connectivity index (χ2n) is 5.29. The Labute approximate surface area is 141 Å². The molecule has 0 aliphatic rings. The molecule has 0 bridgehead atoms. The maximum atomic E-state index is 12.8. The van der Waals surface area contributed by atoms with Gasteiger partial charge in [-0.05, 0) is 41.5 Å². The predicted molar refractivity (Wildman–Crippen MR) is 76.8 cm³/mol. The molecule has 0 atom stereocenters. The molecule has 0 amide bonds. The summed E-state index contributed by atoms with van der Waals surface area (Å²) in [7, 11) is 0. The molecule has 0 aromatic heterocycles. The third-order valence-electron chi connectivity index (χ3n) is 3.32. The van der Waals surface area contributed by atoms with Gasteiger partial charge in [-0.2, -0.15) is 39.5 Å². The minimum absolute atomic E-state index is 0.00450. The van der Waals surface area contributed by atoms with Gasteiger partial charge < -0.3 is 0 Å². The Morgan fingerprint density at radius 2 is 0.846 bits per heavy atom. The van der Waals surface area contributed by atoms with Gasteiger partial charge >= 0.3 is 18.5 Å². The maximum absolute atomic E-state index is 12.8. The normalized spacial score (nSPS) is 13.4. The lowest BCUT2D eigenvalue weighted by Crippen LogP contribution is -2.11. The van der Waals surface area contributed by atoms with Gasteiger partial charge in [0.2, 0.25) is 0 Å². The standard InChI is InChI=1S/C17H9F9/c18-15(19,20)12-5-3-10(4-6-12)1-2-11-7-13(16(21,22)23)9-14(8-11)17(24,25)26/h1-9H. The summed E-state index contributed by atoms with van der Waals surface area (Å²) in [4.78, 5) is 0. The van der Waals surface area contributed by atoms with Crippen molar-refractivity contribution in [3.8, 4) is 0 Å². The summed E-state index contributed by atoms with van der Waals surface area (Å²) in [6.45, 7) is 0. The number of hydrogen-bond donors (Lipinski definition) is 0. The van der Waals surface area contributed by atoms with Crippen LogP contribution in [0.2, 0.25) is 0 Å². The average Bonchev–Trinajstić information content (AvgIpc) is 2.50. The molecule has 0 heterocycles. The molecular formula is C17H9F9. The first kappa shape index (κ1) is 19.9. The van der Waals surface area contributed by atoms with Crippen LogP contribution in [0.1, 0.15) is 27.8 Å². The average molecular weight is 384 g/mol. The summed E-state index contributed by atoms with van der Waals surface area (Å²) in [5.41, 5.74) is -4.07. The van der Waals surface area contributed by atoms with E-state index < -0.39 is 35.2 Å². The number of hydrogen-bond acceptors (Lipinski definition) is 0. The number of benzene rings is 2. The van der Waals surface area contributed by atoms with E-state index in [1.807, 2.05) is 0 Å². The zero-order chi connectivity index (χ0) is 19.8. The summed E-state index contributed by atoms with van der Waals surface area (Å²) in [5.74, 6) is 0. The first-order valence-corrected chi connectivity index (χ1v) is 6.91. The van der Waals surface area contributed by atoms with E-state index in [9.17, 15) is 39.5 Å². The molecule has 0 saturated carbocycles. The fourth-order valence-electron chi connectivity index (χ4n) is 2.05. The van der Waals surface area contributed by atoms with E-state index in [0.29, 0.717) is 12.1 Å². The van der Waals surface area contributed by atoms with Crippen LogP contribution in [0.5, 0.6) is 0 Å². The molecule has 26 heavy (non-hydrogen) atoms. The van der Waals surface area contributed by atoms with Crippen molar-refractivity contribution in [2.24, 2.45) is 0 Å². The molecule has 0 radical (unpaired) electrons. The Bertz CT molecular complexity index is 759. The van der Waals surface area contributed by atoms with Crippen molar-refractivity contribution in [2.45, 2.75) is 18.5 Å². The second kappa shape index (κ2) is 6.69. The minimum Gasteiger partial charge on any atom is -0.166 e. The highest BCUT2D eigenvalue weighted by Crippen LogP contribution is 2.36. The third kappa shape index (κ3) is 5.03. The van der Waals surface area contributed by atoms with E-state index in [1.165, 1.54) is 0 Å². The van der Waals surface area contributed by atoms with E-state index in [0.717, 1.165) is 36.4 Å². The van der Waals surface area contributed by atoms with Crippen LogP contribution in [-0.2, 0) is 18.5 Å². The molecule has 2 aromatic carbocycles. The molecule has 0 spiro atoms. The van der Waals surface area contributed by atoms with Crippen molar-refractivity contribution >= 4 is 12.2 Å². The lowest BCUT2D eigenvalue weighted by molar-refractivity contribution is -0.143. The Kier molecular flexibility index (Phi) is 5.12. The van der Waals surface area contributed by atoms with Crippen molar-refractivity contribution in [3.05, 3.63) is 70.3 Å². The minimum atomic E-state index is -4.97. The molecule has 9 heteroatoms. The fraction of sp³-hybridized carbons (Fsp3) is 0.176. The second-order valence-corrected chi connectivity index (χ2v) is 5.29. The monoisotopic (exact) mass is 384 g/mol. The van der Waals surface area contributed by atoms with Crippen LogP contribution in [0, 0.1) is 0 Å². The van der Waals surface area contributed by atoms with E-state index in [4.69, 9.17) is 0 Å². The molecule has 0 nitrogen and oxygen atoms in total. The Morgan fingerprint density at radius 3 is 1.23 bits per heavy atom. The van der Waals surface area contributed by atoms with Crippen LogP contribution >= 0.6 is 0 Å². The Hall–Kier alpha value is -2.45. The van der Waals surface area contributed by atoms with Gasteiger partial charge in [-0.15, -0.1) is 0 Å². The zero-order valence-electron chi connectivity index (χ0n) is 12.6. The first-order valence-electron chi connectivity index (χ1n) is 6.91. The fourth-order valence-corrected chi connectivity index (χ4v) is 2.05. The molecule has 0 fully saturated rings. The summed E-state index contributed by atoms with van der Waals surface area (Å²) in [6.07, 6.45) is -12.4. The lowest BCUT2D eigenvalue weighted by atomic mass is 10.0. The van der Waals surface area contributed by atoms with E-state index in [1.54, 1.807) is 0 Å². The molecule has 0 N–H and O–H groups in total. The quantitative estimate of drug-likeness (QED) is 0.390. The van der Waals surface area contributed by atoms with Gasteiger partial charge in [0.15, 0.2) is 0 Å². The van der Waals surface area contributed by atoms with Gasteiger partial charge in [0, 0.05) is 0 Å². The van der Waals surface area contributed by atoms with Gasteiger partial charge in [0.1, 0.15) is 0 Å². The maximum Gasteiger partial charge on any atom is 0.416 e. The van der Waals surface area contributed by atoms with Gasteiger partial charge in [-0.3, -0.25) is 0 Å². The molecule has 0 saturated heterocycles. The smallest absolute Gasteiger partial charge is 0.166 e. The van der Waals surface area contributed by atoms with E-state index >= 15 is 0 Å². The van der Waals surface area contributed by atoms with Crippen LogP contribution in [0.25, 0.3) is 12.2 Å². The van der Waals surface area contributed by atoms with Crippen LogP contribution in [0.4, 0.5) is 39.5 Å². The Balaban J connectivity index is 2.37. The van der Waals surface area contributed by atoms with Crippen LogP contribution in [-0.4, -0.2) is 0 Å². The van der Waals surface area contributed by atoms with Crippen molar-refractivity contribution in [2.75, 3.05) is 0 Å². The topological polar surface area (TPSA) is 0 Å². The highest BCUT2D eigenvalue weighted by Gasteiger charge is 2.36. The van der Waals surface area contributed by atoms with Crippen molar-refractivity contribution in [3.63, 3.8) is 0 Å². The van der Waals surface area contributed by atoms with E-state index in [-0.39, 0.29) is 17.2 Å². The highest BCUT2D eigenvalue weighted by atomic mass is 19.4. The predicted octanol–water partition coefficient (Wildman–Crippen LogP) is 6.91. The van der Waals surface area contributed by atoms with Gasteiger partial charge in [0.25, 0.3) is 0 Å². The van der Waals surface area contributed by atoms with Gasteiger partial charge in [-0.25, -0.2) is 0 Å². The summed E-state index contributed by atoms with van der Waals surface area (Å²) < 4.78 is 114. The first-order chi connectivity index (χ1) is 11.8. The van der Waals surface area contributed by atoms with Gasteiger partial charge in [-0.1, -0.05) is 24.3 Å². The summed E-state index contributed by atoms with van der Waals surface area (Å²) >= 11 is 0. The highest BCUT2D eigenvalue weighted by molar-refractivity contribution is 5.70. The lowest BCUT2D eigenvalue weighted by Gasteiger charge is -2.13. The number of halogens is 9. The molecule has 0 unspecified atom stereocenters. The summed E-state index contributed by atoms with van der Waals surface area (Å²) in [6, 6.07) is 4.66. The zero-order valence-corrected chi connectivity index (χ0v) is 12.6. The molecule has 2 rings (SSSR count). The Morgan fingerprint density at radius 1 is 0.462 bits per heavy atom. The van der Waals surface area contributed by atoms with Crippen LogP contribution in [0.3, 0.4) is 0 Å². The molecular weight excluding hydrogens is 375 g/mol. The summed E-state index contributed by atoms with van der Waals surface area (Å²) in [5, 5.41) is 0. The van der Waals surface area contributed by atoms with Crippen LogP contribution < -0.4 is 0 Å². The molecule has 0 aliphatic carbocycles. The van der Waals surface area contributed by atoms with Crippen molar-refractivity contribution < 1.29 is 39.5 Å². The molecule has 140 valence electrons. The van der Waals surface area contributed by atoms with Gasteiger partial charge in [0.05, 0.1) is 16.7 Å². The van der Waals surface area contributed by atoms with Crippen molar-refractivity contribution in [1.29, 1.82) is 0 Å². The largest absolute Gasteiger partial charge is 0.416 e.